The van der Waals surface area contributed by atoms with Crippen molar-refractivity contribution in [2.45, 2.75) is 38.1 Å². The predicted molar refractivity (Wildman–Crippen MR) is 143 cm³/mol. The fourth-order valence-electron chi connectivity index (χ4n) is 4.42. The van der Waals surface area contributed by atoms with E-state index in [2.05, 4.69) is 20.4 Å². The number of nitrogens with one attached hydrogen (secondary N) is 1. The van der Waals surface area contributed by atoms with Crippen molar-refractivity contribution in [3.8, 4) is 22.6 Å². The third-order valence-corrected chi connectivity index (χ3v) is 7.08. The Morgan fingerprint density at radius 3 is 2.80 bits per heavy atom. The number of aliphatic imine (C=N–C) groups is 1. The molecular weight excluding hydrogens is 458 g/mol. The molecule has 1 saturated carbocycles. The first-order chi connectivity index (χ1) is 17.1. The highest BCUT2D eigenvalue weighted by molar-refractivity contribution is 7.22. The van der Waals surface area contributed by atoms with Gasteiger partial charge in [0, 0.05) is 61.5 Å². The molecule has 0 atom stereocenters. The van der Waals surface area contributed by atoms with Crippen molar-refractivity contribution in [2.24, 2.45) is 17.8 Å². The van der Waals surface area contributed by atoms with E-state index in [4.69, 9.17) is 15.5 Å². The van der Waals surface area contributed by atoms with Crippen molar-refractivity contribution in [1.29, 1.82) is 0 Å². The standard InChI is InChI=1S/C26H29N7OS/c1-28-13-17(12-27)25-22(18-14-30-33(2)16-18)10-21(15-29-25)34-20-8-9-23-24(11-20)35-26(32-23)31-19-6-4-3-5-7-19/h8-16,19H,3-7,27H2,1-2H3,(H,31,32)/b17-12+,28-13?. The number of hydrogen-bond acceptors (Lipinski definition) is 8. The van der Waals surface area contributed by atoms with Gasteiger partial charge in [-0.2, -0.15) is 5.10 Å². The van der Waals surface area contributed by atoms with Crippen molar-refractivity contribution >= 4 is 38.5 Å². The van der Waals surface area contributed by atoms with Crippen LogP contribution in [0.5, 0.6) is 11.5 Å². The van der Waals surface area contributed by atoms with E-state index in [1.807, 2.05) is 37.5 Å². The lowest BCUT2D eigenvalue weighted by Gasteiger charge is -2.22. The molecule has 9 heteroatoms. The molecule has 0 bridgehead atoms. The van der Waals surface area contributed by atoms with Gasteiger partial charge in [-0.25, -0.2) is 4.98 Å². The highest BCUT2D eigenvalue weighted by Crippen LogP contribution is 2.35. The largest absolute Gasteiger partial charge is 0.456 e. The van der Waals surface area contributed by atoms with Crippen molar-refractivity contribution in [2.75, 3.05) is 12.4 Å². The summed E-state index contributed by atoms with van der Waals surface area (Å²) in [5.74, 6) is 1.36. The summed E-state index contributed by atoms with van der Waals surface area (Å²) >= 11 is 1.67. The van der Waals surface area contributed by atoms with Gasteiger partial charge in [0.1, 0.15) is 11.5 Å². The smallest absolute Gasteiger partial charge is 0.184 e. The summed E-state index contributed by atoms with van der Waals surface area (Å²) in [5, 5.41) is 8.91. The van der Waals surface area contributed by atoms with Gasteiger partial charge in [0.05, 0.1) is 28.3 Å². The molecule has 180 valence electrons. The van der Waals surface area contributed by atoms with E-state index in [-0.39, 0.29) is 0 Å². The average molecular weight is 488 g/mol. The number of rotatable bonds is 7. The third kappa shape index (κ3) is 5.19. The summed E-state index contributed by atoms with van der Waals surface area (Å²) < 4.78 is 9.07. The Labute approximate surface area is 208 Å². The Kier molecular flexibility index (Phi) is 6.76. The third-order valence-electron chi connectivity index (χ3n) is 6.13. The Bertz CT molecular complexity index is 1380. The molecule has 3 N–H and O–H groups in total. The van der Waals surface area contributed by atoms with Crippen LogP contribution in [0.3, 0.4) is 0 Å². The fraction of sp³-hybridized carbons (Fsp3) is 0.308. The van der Waals surface area contributed by atoms with Crippen LogP contribution in [0.4, 0.5) is 5.13 Å². The second-order valence-corrected chi connectivity index (χ2v) is 9.74. The maximum absolute atomic E-state index is 6.23. The molecule has 0 amide bonds. The lowest BCUT2D eigenvalue weighted by atomic mass is 9.96. The van der Waals surface area contributed by atoms with Crippen LogP contribution in [0, 0.1) is 0 Å². The van der Waals surface area contributed by atoms with Crippen LogP contribution >= 0.6 is 11.3 Å². The first-order valence-corrected chi connectivity index (χ1v) is 12.6. The van der Waals surface area contributed by atoms with Crippen LogP contribution in [0.2, 0.25) is 0 Å². The summed E-state index contributed by atoms with van der Waals surface area (Å²) in [7, 11) is 3.59. The van der Waals surface area contributed by atoms with E-state index in [1.165, 1.54) is 38.3 Å². The molecule has 4 aromatic rings. The molecule has 3 heterocycles. The molecule has 0 aliphatic heterocycles. The second kappa shape index (κ2) is 10.3. The van der Waals surface area contributed by atoms with Gasteiger partial charge in [0.25, 0.3) is 0 Å². The Balaban J connectivity index is 1.42. The molecule has 1 fully saturated rings. The molecule has 0 unspecified atom stereocenters. The van der Waals surface area contributed by atoms with Crippen molar-refractivity contribution in [1.82, 2.24) is 19.7 Å². The number of nitrogens with two attached hydrogens (primary N) is 1. The van der Waals surface area contributed by atoms with Gasteiger partial charge in [-0.05, 0) is 31.0 Å². The number of allylic oxidation sites excluding steroid dienone is 1. The Hall–Kier alpha value is -3.72. The van der Waals surface area contributed by atoms with E-state index >= 15 is 0 Å². The lowest BCUT2D eigenvalue weighted by Crippen LogP contribution is -2.21. The molecular formula is C26H29N7OS. The maximum Gasteiger partial charge on any atom is 0.184 e. The average Bonchev–Trinajstić information content (AvgIpc) is 3.48. The fourth-order valence-corrected chi connectivity index (χ4v) is 5.39. The second-order valence-electron chi connectivity index (χ2n) is 8.71. The van der Waals surface area contributed by atoms with Crippen molar-refractivity contribution < 1.29 is 4.74 Å². The molecule has 0 saturated heterocycles. The van der Waals surface area contributed by atoms with Crippen LogP contribution in [-0.4, -0.2) is 39.1 Å². The zero-order valence-corrected chi connectivity index (χ0v) is 20.8. The van der Waals surface area contributed by atoms with Gasteiger partial charge in [0.2, 0.25) is 0 Å². The van der Waals surface area contributed by atoms with Gasteiger partial charge < -0.3 is 15.8 Å². The predicted octanol–water partition coefficient (Wildman–Crippen LogP) is 5.63. The number of nitrogens with zero attached hydrogens (tertiary/aromatic N) is 5. The van der Waals surface area contributed by atoms with Crippen molar-refractivity contribution in [3.63, 3.8) is 0 Å². The van der Waals surface area contributed by atoms with Gasteiger partial charge in [-0.15, -0.1) is 0 Å². The number of ether oxygens (including phenoxy) is 1. The van der Waals surface area contributed by atoms with E-state index in [9.17, 15) is 0 Å². The van der Waals surface area contributed by atoms with E-state index < -0.39 is 0 Å². The molecule has 1 aromatic carbocycles. The first-order valence-electron chi connectivity index (χ1n) is 11.8. The molecule has 1 aliphatic carbocycles. The number of aromatic nitrogens is 4. The van der Waals surface area contributed by atoms with E-state index in [1.54, 1.807) is 41.7 Å². The highest BCUT2D eigenvalue weighted by Gasteiger charge is 2.16. The van der Waals surface area contributed by atoms with Crippen LogP contribution in [-0.2, 0) is 7.05 Å². The SMILES string of the molecule is CN=C/C(=C\N)c1ncc(Oc2ccc3nc(NC4CCCCC4)sc3c2)cc1-c1cnn(C)c1. The Morgan fingerprint density at radius 1 is 1.20 bits per heavy atom. The maximum atomic E-state index is 6.23. The lowest BCUT2D eigenvalue weighted by molar-refractivity contribution is 0.462. The normalized spacial score (nSPS) is 15.2. The molecule has 5 rings (SSSR count). The van der Waals surface area contributed by atoms with Gasteiger partial charge >= 0.3 is 0 Å². The number of thiazole rings is 1. The van der Waals surface area contributed by atoms with Gasteiger partial charge in [-0.1, -0.05) is 30.6 Å². The van der Waals surface area contributed by atoms with Crippen LogP contribution in [0.1, 0.15) is 37.8 Å². The quantitative estimate of drug-likeness (QED) is 0.328. The van der Waals surface area contributed by atoms with Crippen LogP contribution in [0.25, 0.3) is 26.9 Å². The zero-order chi connectivity index (χ0) is 24.2. The number of anilines is 1. The molecule has 35 heavy (non-hydrogen) atoms. The van der Waals surface area contributed by atoms with Crippen LogP contribution < -0.4 is 15.8 Å². The first kappa shape index (κ1) is 23.0. The zero-order valence-electron chi connectivity index (χ0n) is 19.9. The minimum atomic E-state index is 0.528. The molecule has 1 aliphatic rings. The number of pyridine rings is 1. The molecule has 8 nitrogen and oxygen atoms in total. The topological polar surface area (TPSA) is 103 Å². The summed E-state index contributed by atoms with van der Waals surface area (Å²) in [6.07, 6.45) is 15.0. The summed E-state index contributed by atoms with van der Waals surface area (Å²) in [4.78, 5) is 13.5. The minimum absolute atomic E-state index is 0.528. The molecule has 0 spiro atoms. The number of fused-ring (bicyclic) bond motifs is 1. The van der Waals surface area contributed by atoms with Gasteiger partial charge in [0.15, 0.2) is 5.13 Å². The Morgan fingerprint density at radius 2 is 2.06 bits per heavy atom. The number of hydrogen-bond donors (Lipinski definition) is 2. The van der Waals surface area contributed by atoms with Crippen molar-refractivity contribution in [3.05, 3.63) is 54.7 Å². The van der Waals surface area contributed by atoms with Gasteiger partial charge in [-0.3, -0.25) is 14.7 Å². The number of benzene rings is 1. The summed E-state index contributed by atoms with van der Waals surface area (Å²) in [5.41, 5.74) is 10.1. The van der Waals surface area contributed by atoms with Crippen LogP contribution in [0.15, 0.2) is 54.0 Å². The summed E-state index contributed by atoms with van der Waals surface area (Å²) in [6.45, 7) is 0. The molecule has 3 aromatic heterocycles. The monoisotopic (exact) mass is 487 g/mol. The molecule has 0 radical (unpaired) electrons. The van der Waals surface area contributed by atoms with E-state index in [0.717, 1.165) is 43.5 Å². The minimum Gasteiger partial charge on any atom is -0.456 e. The summed E-state index contributed by atoms with van der Waals surface area (Å²) in [6, 6.07) is 8.47. The number of aryl methyl sites for hydroxylation is 1. The van der Waals surface area contributed by atoms with E-state index in [0.29, 0.717) is 11.8 Å². The highest BCUT2D eigenvalue weighted by atomic mass is 32.1.